The average Bonchev–Trinajstić information content (AvgIpc) is 2.50. The quantitative estimate of drug-likeness (QED) is 0.287. The van der Waals surface area contributed by atoms with Crippen LogP contribution in [0.15, 0.2) is 4.99 Å². The lowest BCUT2D eigenvalue weighted by atomic mass is 10.0. The van der Waals surface area contributed by atoms with Crippen molar-refractivity contribution >= 4 is 47.6 Å². The molecule has 1 aliphatic heterocycles. The van der Waals surface area contributed by atoms with Crippen LogP contribution in [0.2, 0.25) is 0 Å². The Morgan fingerprint density at radius 3 is 2.50 bits per heavy atom. The number of nitrogens with zero attached hydrogens (tertiary/aromatic N) is 2. The van der Waals surface area contributed by atoms with E-state index in [9.17, 15) is 4.79 Å². The Morgan fingerprint density at radius 1 is 1.36 bits per heavy atom. The number of nitrogens with one attached hydrogen (secondary N) is 2. The number of halogens is 1. The van der Waals surface area contributed by atoms with Gasteiger partial charge in [0.2, 0.25) is 5.91 Å². The topological polar surface area (TPSA) is 56.7 Å². The van der Waals surface area contributed by atoms with E-state index in [1.165, 1.54) is 5.75 Å². The van der Waals surface area contributed by atoms with Crippen molar-refractivity contribution in [2.24, 2.45) is 10.9 Å². The summed E-state index contributed by atoms with van der Waals surface area (Å²) in [5.74, 6) is 2.41. The van der Waals surface area contributed by atoms with Gasteiger partial charge in [0.1, 0.15) is 0 Å². The number of aliphatic imine (C=N–C) groups is 1. The Kier molecular flexibility index (Phi) is 12.2. The van der Waals surface area contributed by atoms with Crippen molar-refractivity contribution in [3.8, 4) is 0 Å². The molecule has 7 heteroatoms. The van der Waals surface area contributed by atoms with Crippen LogP contribution in [-0.2, 0) is 4.79 Å². The van der Waals surface area contributed by atoms with E-state index < -0.39 is 0 Å². The van der Waals surface area contributed by atoms with Crippen LogP contribution in [-0.4, -0.2) is 61.5 Å². The number of likely N-dealkylation sites (tertiary alicyclic amines) is 1. The van der Waals surface area contributed by atoms with E-state index in [1.807, 2.05) is 30.5 Å². The molecule has 0 aliphatic carbocycles. The minimum absolute atomic E-state index is 0. The lowest BCUT2D eigenvalue weighted by Crippen LogP contribution is -2.50. The standard InChI is InChI=1S/C15H30N4OS.HI/c1-12(2)14(20)19-9-6-13(7-10-19)18-15(16-3)17-8-5-11-21-4;/h12-13H,5-11H2,1-4H3,(H2,16,17,18);1H. The van der Waals surface area contributed by atoms with Gasteiger partial charge in [0, 0.05) is 38.6 Å². The third-order valence-electron chi connectivity index (χ3n) is 3.68. The summed E-state index contributed by atoms with van der Waals surface area (Å²) in [6.07, 6.45) is 5.25. The van der Waals surface area contributed by atoms with E-state index in [1.54, 1.807) is 7.05 Å². The summed E-state index contributed by atoms with van der Waals surface area (Å²) >= 11 is 1.86. The summed E-state index contributed by atoms with van der Waals surface area (Å²) in [6, 6.07) is 0.410. The van der Waals surface area contributed by atoms with Gasteiger partial charge in [-0.05, 0) is 31.3 Å². The van der Waals surface area contributed by atoms with Gasteiger partial charge in [-0.2, -0.15) is 11.8 Å². The van der Waals surface area contributed by atoms with E-state index in [4.69, 9.17) is 0 Å². The molecule has 2 N–H and O–H groups in total. The summed E-state index contributed by atoms with van der Waals surface area (Å²) < 4.78 is 0. The van der Waals surface area contributed by atoms with Gasteiger partial charge in [0.25, 0.3) is 0 Å². The molecule has 1 saturated heterocycles. The first-order valence-corrected chi connectivity index (χ1v) is 9.22. The number of hydrogen-bond donors (Lipinski definition) is 2. The number of carbonyl (C=O) groups is 1. The highest BCUT2D eigenvalue weighted by Crippen LogP contribution is 2.13. The van der Waals surface area contributed by atoms with Crippen molar-refractivity contribution in [3.05, 3.63) is 0 Å². The molecule has 1 rings (SSSR count). The number of guanidine groups is 1. The molecule has 0 spiro atoms. The molecule has 1 heterocycles. The normalized spacial score (nSPS) is 16.4. The maximum Gasteiger partial charge on any atom is 0.225 e. The van der Waals surface area contributed by atoms with Crippen LogP contribution in [0.5, 0.6) is 0 Å². The fourth-order valence-corrected chi connectivity index (χ4v) is 2.85. The molecule has 5 nitrogen and oxygen atoms in total. The highest BCUT2D eigenvalue weighted by molar-refractivity contribution is 14.0. The minimum atomic E-state index is 0. The third-order valence-corrected chi connectivity index (χ3v) is 4.38. The van der Waals surface area contributed by atoms with Gasteiger partial charge in [-0.15, -0.1) is 24.0 Å². The summed E-state index contributed by atoms with van der Waals surface area (Å²) in [4.78, 5) is 18.2. The highest BCUT2D eigenvalue weighted by atomic mass is 127. The first-order chi connectivity index (χ1) is 10.1. The Bertz CT molecular complexity index is 344. The summed E-state index contributed by atoms with van der Waals surface area (Å²) in [5.41, 5.74) is 0. The van der Waals surface area contributed by atoms with Crippen molar-refractivity contribution in [2.45, 2.75) is 39.2 Å². The zero-order chi connectivity index (χ0) is 15.7. The molecule has 0 saturated carbocycles. The lowest BCUT2D eigenvalue weighted by molar-refractivity contribution is -0.135. The Hall–Kier alpha value is -0.180. The molecule has 1 fully saturated rings. The molecule has 0 bridgehead atoms. The van der Waals surface area contributed by atoms with E-state index in [2.05, 4.69) is 21.9 Å². The lowest BCUT2D eigenvalue weighted by Gasteiger charge is -2.34. The molecule has 0 aromatic heterocycles. The van der Waals surface area contributed by atoms with E-state index >= 15 is 0 Å². The summed E-state index contributed by atoms with van der Waals surface area (Å²) in [5, 5.41) is 6.81. The molecule has 0 radical (unpaired) electrons. The number of carbonyl (C=O) groups excluding carboxylic acids is 1. The smallest absolute Gasteiger partial charge is 0.225 e. The fraction of sp³-hybridized carbons (Fsp3) is 0.867. The predicted octanol–water partition coefficient (Wildman–Crippen LogP) is 2.17. The second-order valence-electron chi connectivity index (χ2n) is 5.74. The SMILES string of the molecule is CN=C(NCCCSC)NC1CCN(C(=O)C(C)C)CC1.I. The van der Waals surface area contributed by atoms with Crippen LogP contribution in [0.3, 0.4) is 0 Å². The minimum Gasteiger partial charge on any atom is -0.356 e. The van der Waals surface area contributed by atoms with Gasteiger partial charge < -0.3 is 15.5 Å². The summed E-state index contributed by atoms with van der Waals surface area (Å²) in [6.45, 7) is 6.57. The van der Waals surface area contributed by atoms with Crippen LogP contribution in [0, 0.1) is 5.92 Å². The van der Waals surface area contributed by atoms with Gasteiger partial charge in [-0.25, -0.2) is 0 Å². The van der Waals surface area contributed by atoms with Gasteiger partial charge in [0.15, 0.2) is 5.96 Å². The first-order valence-electron chi connectivity index (χ1n) is 7.83. The van der Waals surface area contributed by atoms with Crippen molar-refractivity contribution in [1.29, 1.82) is 0 Å². The van der Waals surface area contributed by atoms with E-state index in [0.717, 1.165) is 44.9 Å². The van der Waals surface area contributed by atoms with Crippen molar-refractivity contribution in [3.63, 3.8) is 0 Å². The third kappa shape index (κ3) is 7.89. The number of hydrogen-bond acceptors (Lipinski definition) is 3. The number of rotatable bonds is 6. The Labute approximate surface area is 156 Å². The van der Waals surface area contributed by atoms with Crippen LogP contribution in [0.4, 0.5) is 0 Å². The maximum absolute atomic E-state index is 12.0. The number of piperidine rings is 1. The largest absolute Gasteiger partial charge is 0.356 e. The molecule has 1 aliphatic rings. The molecular weight excluding hydrogens is 411 g/mol. The maximum atomic E-state index is 12.0. The average molecular weight is 442 g/mol. The van der Waals surface area contributed by atoms with Gasteiger partial charge in [0.05, 0.1) is 0 Å². The monoisotopic (exact) mass is 442 g/mol. The van der Waals surface area contributed by atoms with Crippen LogP contribution in [0.25, 0.3) is 0 Å². The van der Waals surface area contributed by atoms with E-state index in [-0.39, 0.29) is 35.8 Å². The zero-order valence-electron chi connectivity index (χ0n) is 14.2. The van der Waals surface area contributed by atoms with Crippen LogP contribution >= 0.6 is 35.7 Å². The second kappa shape index (κ2) is 12.3. The predicted molar refractivity (Wildman–Crippen MR) is 107 cm³/mol. The molecule has 22 heavy (non-hydrogen) atoms. The highest BCUT2D eigenvalue weighted by Gasteiger charge is 2.24. The molecule has 0 unspecified atom stereocenters. The molecule has 1 amide bonds. The van der Waals surface area contributed by atoms with Crippen molar-refractivity contribution in [1.82, 2.24) is 15.5 Å². The second-order valence-corrected chi connectivity index (χ2v) is 6.73. The molecule has 0 atom stereocenters. The van der Waals surface area contributed by atoms with Gasteiger partial charge in [-0.3, -0.25) is 9.79 Å². The van der Waals surface area contributed by atoms with Gasteiger partial charge in [-0.1, -0.05) is 13.8 Å². The number of thioether (sulfide) groups is 1. The zero-order valence-corrected chi connectivity index (χ0v) is 17.4. The fourth-order valence-electron chi connectivity index (χ4n) is 2.42. The Morgan fingerprint density at radius 2 is 2.00 bits per heavy atom. The van der Waals surface area contributed by atoms with Crippen LogP contribution < -0.4 is 10.6 Å². The number of amides is 1. The molecule has 130 valence electrons. The van der Waals surface area contributed by atoms with E-state index in [0.29, 0.717) is 6.04 Å². The summed E-state index contributed by atoms with van der Waals surface area (Å²) in [7, 11) is 1.81. The molecule has 0 aromatic carbocycles. The Balaban J connectivity index is 0.00000441. The van der Waals surface area contributed by atoms with Crippen molar-refractivity contribution < 1.29 is 4.79 Å². The van der Waals surface area contributed by atoms with Crippen molar-refractivity contribution in [2.75, 3.05) is 38.7 Å². The van der Waals surface area contributed by atoms with Crippen LogP contribution in [0.1, 0.15) is 33.1 Å². The first kappa shape index (κ1) is 21.8. The molecular formula is C15H31IN4OS. The van der Waals surface area contributed by atoms with Gasteiger partial charge >= 0.3 is 0 Å². The molecule has 0 aromatic rings.